The second-order valence-electron chi connectivity index (χ2n) is 3.71. The Morgan fingerprint density at radius 1 is 1.20 bits per heavy atom. The molecule has 0 saturated carbocycles. The van der Waals surface area contributed by atoms with Gasteiger partial charge in [-0.1, -0.05) is 0 Å². The van der Waals surface area contributed by atoms with E-state index < -0.39 is 46.6 Å². The predicted octanol–water partition coefficient (Wildman–Crippen LogP) is -0.00170. The van der Waals surface area contributed by atoms with Crippen molar-refractivity contribution >= 4 is 25.8 Å². The number of alkyl halides is 3. The average molecular weight is 330 g/mol. The van der Waals surface area contributed by atoms with Gasteiger partial charge in [0, 0.05) is 0 Å². The second-order valence-corrected chi connectivity index (χ2v) is 7.44. The molecule has 0 aliphatic carbocycles. The summed E-state index contributed by atoms with van der Waals surface area (Å²) in [6.45, 7) is 0. The van der Waals surface area contributed by atoms with Crippen molar-refractivity contribution in [1.82, 2.24) is 4.41 Å². The van der Waals surface area contributed by atoms with Crippen molar-refractivity contribution in [2.75, 3.05) is 0 Å². The van der Waals surface area contributed by atoms with Gasteiger partial charge in [-0.15, -0.1) is 0 Å². The lowest BCUT2D eigenvalue weighted by Gasteiger charge is -2.08. The lowest BCUT2D eigenvalue weighted by atomic mass is 10.2. The van der Waals surface area contributed by atoms with Gasteiger partial charge < -0.3 is 0 Å². The molecule has 20 heavy (non-hydrogen) atoms. The maximum atomic E-state index is 12.4. The number of sulfone groups is 1. The van der Waals surface area contributed by atoms with Gasteiger partial charge in [0.2, 0.25) is 0 Å². The Bertz CT molecular complexity index is 813. The summed E-state index contributed by atoms with van der Waals surface area (Å²) in [5.74, 6) is 3.82. The van der Waals surface area contributed by atoms with Crippen molar-refractivity contribution in [2.24, 2.45) is 5.84 Å². The summed E-state index contributed by atoms with van der Waals surface area (Å²) >= 11 is 0. The molecule has 0 bridgehead atoms. The Labute approximate surface area is 110 Å². The van der Waals surface area contributed by atoms with Gasteiger partial charge in [-0.2, -0.15) is 26.0 Å². The third kappa shape index (κ3) is 1.79. The molecule has 12 heteroatoms. The molecule has 1 aromatic rings. The van der Waals surface area contributed by atoms with Crippen LogP contribution >= 0.6 is 0 Å². The van der Waals surface area contributed by atoms with Crippen LogP contribution in [0.1, 0.15) is 10.4 Å². The zero-order chi connectivity index (χ0) is 15.5. The number of benzene rings is 1. The van der Waals surface area contributed by atoms with Gasteiger partial charge in [0.05, 0.1) is 10.5 Å². The van der Waals surface area contributed by atoms with Gasteiger partial charge in [-0.3, -0.25) is 4.79 Å². The van der Waals surface area contributed by atoms with E-state index in [1.807, 2.05) is 0 Å². The highest BCUT2D eigenvalue weighted by atomic mass is 32.2. The number of hydrogen-bond acceptors (Lipinski definition) is 6. The van der Waals surface area contributed by atoms with Crippen molar-refractivity contribution in [1.29, 1.82) is 0 Å². The summed E-state index contributed by atoms with van der Waals surface area (Å²) in [7, 11) is -10.3. The Hall–Kier alpha value is -1.66. The molecule has 0 radical (unpaired) electrons. The summed E-state index contributed by atoms with van der Waals surface area (Å²) in [5.41, 5.74) is -6.08. The first-order valence-electron chi connectivity index (χ1n) is 4.70. The lowest BCUT2D eigenvalue weighted by Crippen LogP contribution is -2.36. The fraction of sp³-hybridized carbons (Fsp3) is 0.125. The molecule has 0 fully saturated rings. The first-order valence-corrected chi connectivity index (χ1v) is 7.63. The third-order valence-electron chi connectivity index (χ3n) is 2.54. The highest BCUT2D eigenvalue weighted by Crippen LogP contribution is 2.35. The maximum absolute atomic E-state index is 12.4. The lowest BCUT2D eigenvalue weighted by molar-refractivity contribution is -0.0436. The molecule has 7 nitrogen and oxygen atoms in total. The number of sulfonamides is 1. The molecule has 2 rings (SSSR count). The molecule has 1 aromatic carbocycles. The van der Waals surface area contributed by atoms with E-state index in [1.54, 1.807) is 0 Å². The maximum Gasteiger partial charge on any atom is 0.501 e. The highest BCUT2D eigenvalue weighted by Gasteiger charge is 2.48. The zero-order valence-corrected chi connectivity index (χ0v) is 10.9. The molecule has 0 aromatic heterocycles. The minimum Gasteiger partial charge on any atom is -0.266 e. The molecule has 1 aliphatic rings. The van der Waals surface area contributed by atoms with E-state index in [-0.39, 0.29) is 10.5 Å². The monoisotopic (exact) mass is 330 g/mol. The van der Waals surface area contributed by atoms with Crippen LogP contribution in [-0.2, 0) is 19.9 Å². The molecule has 0 unspecified atom stereocenters. The summed E-state index contributed by atoms with van der Waals surface area (Å²) in [4.78, 5) is 9.26. The molecule has 0 atom stereocenters. The molecular weight excluding hydrogens is 325 g/mol. The number of nitrogens with zero attached hydrogens (tertiary/aromatic N) is 1. The third-order valence-corrected chi connectivity index (χ3v) is 5.60. The summed E-state index contributed by atoms with van der Waals surface area (Å²) in [6, 6.07) is 1.42. The van der Waals surface area contributed by atoms with Gasteiger partial charge in [-0.25, -0.2) is 14.3 Å². The van der Waals surface area contributed by atoms with Crippen LogP contribution in [0.5, 0.6) is 0 Å². The molecule has 1 amide bonds. The molecule has 2 N–H and O–H groups in total. The van der Waals surface area contributed by atoms with Gasteiger partial charge in [0.25, 0.3) is 25.8 Å². The molecular formula is C8H5F3N2O5S2. The summed E-state index contributed by atoms with van der Waals surface area (Å²) < 4.78 is 82.6. The van der Waals surface area contributed by atoms with Crippen LogP contribution < -0.4 is 5.84 Å². The Morgan fingerprint density at radius 2 is 1.75 bits per heavy atom. The van der Waals surface area contributed by atoms with Crippen molar-refractivity contribution in [3.05, 3.63) is 23.8 Å². The molecule has 1 aliphatic heterocycles. The minimum atomic E-state index is -5.72. The van der Waals surface area contributed by atoms with Crippen LogP contribution in [0, 0.1) is 0 Å². The van der Waals surface area contributed by atoms with Gasteiger partial charge in [-0.05, 0) is 18.2 Å². The van der Waals surface area contributed by atoms with E-state index in [0.29, 0.717) is 12.1 Å². The first-order chi connectivity index (χ1) is 8.90. The van der Waals surface area contributed by atoms with Gasteiger partial charge in [0.15, 0.2) is 0 Å². The Balaban J connectivity index is 2.74. The number of amides is 1. The molecule has 1 heterocycles. The molecule has 110 valence electrons. The van der Waals surface area contributed by atoms with E-state index in [9.17, 15) is 34.8 Å². The van der Waals surface area contributed by atoms with Crippen molar-refractivity contribution in [3.63, 3.8) is 0 Å². The van der Waals surface area contributed by atoms with E-state index in [4.69, 9.17) is 5.84 Å². The van der Waals surface area contributed by atoms with Crippen molar-refractivity contribution in [2.45, 2.75) is 15.3 Å². The number of hydrogen-bond donors (Lipinski definition) is 1. The first kappa shape index (κ1) is 14.7. The normalized spacial score (nSPS) is 18.2. The fourth-order valence-corrected chi connectivity index (χ4v) is 3.63. The number of carbonyl (C=O) groups excluding carboxylic acids is 1. The number of fused-ring (bicyclic) bond motifs is 1. The zero-order valence-electron chi connectivity index (χ0n) is 9.25. The number of halogens is 3. The second kappa shape index (κ2) is 3.93. The van der Waals surface area contributed by atoms with E-state index in [1.165, 1.54) is 0 Å². The van der Waals surface area contributed by atoms with E-state index in [0.717, 1.165) is 0 Å². The van der Waals surface area contributed by atoms with Crippen molar-refractivity contribution < 1.29 is 34.8 Å². The SMILES string of the molecule is NN1C(=O)c2ccc(S(=O)(=O)C(F)(F)F)cc2S1(=O)=O. The van der Waals surface area contributed by atoms with Crippen LogP contribution in [0.2, 0.25) is 0 Å². The largest absolute Gasteiger partial charge is 0.501 e. The van der Waals surface area contributed by atoms with Gasteiger partial charge in [0.1, 0.15) is 4.90 Å². The standard InChI is InChI=1S/C8H5F3N2O5S2/c9-8(10,11)19(15,16)4-1-2-5-6(3-4)20(17,18)13(12)7(5)14/h1-3H,12H2. The van der Waals surface area contributed by atoms with Crippen LogP contribution in [0.3, 0.4) is 0 Å². The van der Waals surface area contributed by atoms with Crippen LogP contribution in [0.25, 0.3) is 0 Å². The summed E-state index contributed by atoms with van der Waals surface area (Å²) in [6.07, 6.45) is 0. The van der Waals surface area contributed by atoms with Gasteiger partial charge >= 0.3 is 5.51 Å². The molecule has 0 saturated heterocycles. The van der Waals surface area contributed by atoms with Crippen LogP contribution in [-0.4, -0.2) is 32.7 Å². The summed E-state index contributed by atoms with van der Waals surface area (Å²) in [5, 5.41) is 0. The fourth-order valence-electron chi connectivity index (χ4n) is 1.53. The Morgan fingerprint density at radius 3 is 2.25 bits per heavy atom. The smallest absolute Gasteiger partial charge is 0.266 e. The minimum absolute atomic E-state index is 0.165. The van der Waals surface area contributed by atoms with Crippen molar-refractivity contribution in [3.8, 4) is 0 Å². The number of rotatable bonds is 1. The van der Waals surface area contributed by atoms with Crippen LogP contribution in [0.4, 0.5) is 13.2 Å². The highest BCUT2D eigenvalue weighted by molar-refractivity contribution is 7.92. The number of nitrogens with two attached hydrogens (primary N) is 1. The topological polar surface area (TPSA) is 115 Å². The quantitative estimate of drug-likeness (QED) is 0.572. The number of carbonyl (C=O) groups is 1. The van der Waals surface area contributed by atoms with E-state index in [2.05, 4.69) is 0 Å². The van der Waals surface area contributed by atoms with Crippen LogP contribution in [0.15, 0.2) is 28.0 Å². The predicted molar refractivity (Wildman–Crippen MR) is 57.2 cm³/mol. The average Bonchev–Trinajstić information content (AvgIpc) is 2.50. The van der Waals surface area contributed by atoms with E-state index >= 15 is 0 Å². The number of hydrazine groups is 1. The Kier molecular flexibility index (Phi) is 2.89. The molecule has 0 spiro atoms.